The molecule has 1 fully saturated rings. The molecule has 1 aromatic heterocycles. The van der Waals surface area contributed by atoms with Crippen molar-refractivity contribution in [2.45, 2.75) is 18.8 Å². The van der Waals surface area contributed by atoms with E-state index in [-0.39, 0.29) is 5.75 Å². The third-order valence-corrected chi connectivity index (χ3v) is 3.07. The van der Waals surface area contributed by atoms with Crippen LogP contribution in [0.2, 0.25) is 0 Å². The SMILES string of the molecule is CN1CCCC(c2cc(C#N)c(O)cn2)C1. The maximum absolute atomic E-state index is 9.39. The predicted octanol–water partition coefficient (Wildman–Crippen LogP) is 1.47. The van der Waals surface area contributed by atoms with Gasteiger partial charge in [-0.25, -0.2) is 0 Å². The zero-order valence-electron chi connectivity index (χ0n) is 9.35. The number of hydrogen-bond donors (Lipinski definition) is 1. The van der Waals surface area contributed by atoms with Crippen molar-refractivity contribution < 1.29 is 5.11 Å². The number of likely N-dealkylation sites (N-methyl/N-ethyl adjacent to an activating group) is 1. The normalized spacial score (nSPS) is 21.6. The number of nitrogens with zero attached hydrogens (tertiary/aromatic N) is 3. The van der Waals surface area contributed by atoms with Gasteiger partial charge < -0.3 is 10.0 Å². The first-order chi connectivity index (χ1) is 7.70. The van der Waals surface area contributed by atoms with E-state index in [1.54, 1.807) is 6.07 Å². The standard InChI is InChI=1S/C12H15N3O/c1-15-4-2-3-9(8-15)11-5-10(6-13)12(16)7-14-11/h5,7,9,16H,2-4,8H2,1H3. The Labute approximate surface area is 95.1 Å². The van der Waals surface area contributed by atoms with Crippen LogP contribution >= 0.6 is 0 Å². The number of rotatable bonds is 1. The molecule has 0 aromatic carbocycles. The molecule has 0 radical (unpaired) electrons. The maximum atomic E-state index is 9.39. The van der Waals surface area contributed by atoms with E-state index in [1.165, 1.54) is 6.20 Å². The monoisotopic (exact) mass is 217 g/mol. The summed E-state index contributed by atoms with van der Waals surface area (Å²) in [5, 5.41) is 18.2. The van der Waals surface area contributed by atoms with E-state index in [9.17, 15) is 5.11 Å². The number of aromatic nitrogens is 1. The first kappa shape index (κ1) is 10.9. The van der Waals surface area contributed by atoms with Gasteiger partial charge in [-0.2, -0.15) is 5.26 Å². The highest BCUT2D eigenvalue weighted by Crippen LogP contribution is 2.27. The van der Waals surface area contributed by atoms with Crippen LogP contribution in [0, 0.1) is 11.3 Å². The number of hydrogen-bond acceptors (Lipinski definition) is 4. The second-order valence-electron chi connectivity index (χ2n) is 4.34. The maximum Gasteiger partial charge on any atom is 0.151 e. The topological polar surface area (TPSA) is 60.2 Å². The molecule has 2 rings (SSSR count). The minimum absolute atomic E-state index is 0.0320. The summed E-state index contributed by atoms with van der Waals surface area (Å²) in [6, 6.07) is 3.69. The van der Waals surface area contributed by atoms with Crippen LogP contribution in [-0.2, 0) is 0 Å². The van der Waals surface area contributed by atoms with Gasteiger partial charge in [-0.1, -0.05) is 0 Å². The molecule has 4 heteroatoms. The molecule has 0 spiro atoms. The molecule has 1 aliphatic heterocycles. The van der Waals surface area contributed by atoms with E-state index in [2.05, 4.69) is 16.9 Å². The average molecular weight is 217 g/mol. The smallest absolute Gasteiger partial charge is 0.151 e. The molecule has 0 saturated carbocycles. The number of nitriles is 1. The van der Waals surface area contributed by atoms with Gasteiger partial charge in [0.25, 0.3) is 0 Å². The summed E-state index contributed by atoms with van der Waals surface area (Å²) in [5.41, 5.74) is 1.24. The molecule has 1 N–H and O–H groups in total. The highest BCUT2D eigenvalue weighted by molar-refractivity contribution is 5.41. The minimum Gasteiger partial charge on any atom is -0.505 e. The molecular formula is C12H15N3O. The zero-order chi connectivity index (χ0) is 11.5. The third kappa shape index (κ3) is 2.15. The lowest BCUT2D eigenvalue weighted by molar-refractivity contribution is 0.248. The molecule has 4 nitrogen and oxygen atoms in total. The fourth-order valence-electron chi connectivity index (χ4n) is 2.18. The largest absolute Gasteiger partial charge is 0.505 e. The van der Waals surface area contributed by atoms with Crippen LogP contribution in [0.3, 0.4) is 0 Å². The van der Waals surface area contributed by atoms with E-state index in [1.807, 2.05) is 6.07 Å². The second-order valence-corrected chi connectivity index (χ2v) is 4.34. The molecular weight excluding hydrogens is 202 g/mol. The number of aromatic hydroxyl groups is 1. The van der Waals surface area contributed by atoms with E-state index in [0.29, 0.717) is 11.5 Å². The summed E-state index contributed by atoms with van der Waals surface area (Å²) < 4.78 is 0. The Kier molecular flexibility index (Phi) is 3.07. The Balaban J connectivity index is 2.24. The van der Waals surface area contributed by atoms with Crippen LogP contribution in [0.15, 0.2) is 12.3 Å². The summed E-state index contributed by atoms with van der Waals surface area (Å²) in [7, 11) is 2.10. The van der Waals surface area contributed by atoms with Crippen molar-refractivity contribution in [2.24, 2.45) is 0 Å². The van der Waals surface area contributed by atoms with Crippen LogP contribution in [0.1, 0.15) is 30.0 Å². The van der Waals surface area contributed by atoms with E-state index >= 15 is 0 Å². The summed E-state index contributed by atoms with van der Waals surface area (Å²) in [6.45, 7) is 2.10. The molecule has 1 aromatic rings. The van der Waals surface area contributed by atoms with Crippen LogP contribution < -0.4 is 0 Å². The van der Waals surface area contributed by atoms with Gasteiger partial charge in [0, 0.05) is 18.2 Å². The van der Waals surface area contributed by atoms with Crippen molar-refractivity contribution in [3.63, 3.8) is 0 Å². The highest BCUT2D eigenvalue weighted by atomic mass is 16.3. The first-order valence-corrected chi connectivity index (χ1v) is 5.48. The van der Waals surface area contributed by atoms with E-state index in [0.717, 1.165) is 31.6 Å². The van der Waals surface area contributed by atoms with Gasteiger partial charge in [0.15, 0.2) is 5.75 Å². The lowest BCUT2D eigenvalue weighted by atomic mass is 9.94. The van der Waals surface area contributed by atoms with Crippen LogP contribution in [0.5, 0.6) is 5.75 Å². The van der Waals surface area contributed by atoms with Crippen molar-refractivity contribution >= 4 is 0 Å². The van der Waals surface area contributed by atoms with Crippen molar-refractivity contribution in [1.82, 2.24) is 9.88 Å². The van der Waals surface area contributed by atoms with Gasteiger partial charge >= 0.3 is 0 Å². The van der Waals surface area contributed by atoms with Crippen LogP contribution in [-0.4, -0.2) is 35.1 Å². The summed E-state index contributed by atoms with van der Waals surface area (Å²) in [6.07, 6.45) is 3.64. The quantitative estimate of drug-likeness (QED) is 0.773. The summed E-state index contributed by atoms with van der Waals surface area (Å²) >= 11 is 0. The Morgan fingerprint density at radius 3 is 3.12 bits per heavy atom. The molecule has 1 saturated heterocycles. The molecule has 0 bridgehead atoms. The van der Waals surface area contributed by atoms with Crippen molar-refractivity contribution in [3.8, 4) is 11.8 Å². The zero-order valence-corrected chi connectivity index (χ0v) is 9.35. The van der Waals surface area contributed by atoms with Crippen LogP contribution in [0.4, 0.5) is 0 Å². The van der Waals surface area contributed by atoms with Gasteiger partial charge in [-0.3, -0.25) is 4.98 Å². The molecule has 84 valence electrons. The van der Waals surface area contributed by atoms with Gasteiger partial charge in [0.05, 0.1) is 11.8 Å². The Hall–Kier alpha value is -1.60. The Bertz CT molecular complexity index is 425. The van der Waals surface area contributed by atoms with Crippen LogP contribution in [0.25, 0.3) is 0 Å². The minimum atomic E-state index is -0.0320. The van der Waals surface area contributed by atoms with Gasteiger partial charge in [0.2, 0.25) is 0 Å². The Morgan fingerprint density at radius 2 is 2.44 bits per heavy atom. The number of piperidine rings is 1. The van der Waals surface area contributed by atoms with Crippen molar-refractivity contribution in [3.05, 3.63) is 23.5 Å². The molecule has 0 aliphatic carbocycles. The first-order valence-electron chi connectivity index (χ1n) is 5.48. The highest BCUT2D eigenvalue weighted by Gasteiger charge is 2.20. The molecule has 1 unspecified atom stereocenters. The molecule has 2 heterocycles. The molecule has 0 amide bonds. The van der Waals surface area contributed by atoms with E-state index < -0.39 is 0 Å². The lowest BCUT2D eigenvalue weighted by Gasteiger charge is -2.29. The molecule has 1 aliphatic rings. The summed E-state index contributed by atoms with van der Waals surface area (Å²) in [4.78, 5) is 6.49. The average Bonchev–Trinajstić information content (AvgIpc) is 2.29. The summed E-state index contributed by atoms with van der Waals surface area (Å²) in [5.74, 6) is 0.349. The number of pyridine rings is 1. The lowest BCUT2D eigenvalue weighted by Crippen LogP contribution is -2.31. The molecule has 1 atom stereocenters. The fourth-order valence-corrected chi connectivity index (χ4v) is 2.18. The fraction of sp³-hybridized carbons (Fsp3) is 0.500. The second kappa shape index (κ2) is 4.50. The van der Waals surface area contributed by atoms with E-state index in [4.69, 9.17) is 5.26 Å². The Morgan fingerprint density at radius 1 is 1.62 bits per heavy atom. The van der Waals surface area contributed by atoms with Crippen molar-refractivity contribution in [1.29, 1.82) is 5.26 Å². The van der Waals surface area contributed by atoms with Gasteiger partial charge in [0.1, 0.15) is 6.07 Å². The molecule has 16 heavy (non-hydrogen) atoms. The van der Waals surface area contributed by atoms with Gasteiger partial charge in [-0.15, -0.1) is 0 Å². The van der Waals surface area contributed by atoms with Gasteiger partial charge in [-0.05, 0) is 32.5 Å². The number of likely N-dealkylation sites (tertiary alicyclic amines) is 1. The van der Waals surface area contributed by atoms with Crippen molar-refractivity contribution in [2.75, 3.05) is 20.1 Å². The predicted molar refractivity (Wildman–Crippen MR) is 60.1 cm³/mol. The third-order valence-electron chi connectivity index (χ3n) is 3.07.